The van der Waals surface area contributed by atoms with Crippen molar-refractivity contribution >= 4 is 34.8 Å². The number of nitrogens with zero attached hydrogens (tertiary/aromatic N) is 2. The van der Waals surface area contributed by atoms with Crippen LogP contribution in [0.5, 0.6) is 5.75 Å². The van der Waals surface area contributed by atoms with Crippen LogP contribution in [0.25, 0.3) is 0 Å². The van der Waals surface area contributed by atoms with Gasteiger partial charge in [0.05, 0.1) is 23.5 Å². The molecule has 31 heavy (non-hydrogen) atoms. The molecule has 1 N–H and O–H groups in total. The van der Waals surface area contributed by atoms with Crippen LogP contribution in [0.1, 0.15) is 21.9 Å². The van der Waals surface area contributed by atoms with Crippen LogP contribution in [0.2, 0.25) is 10.0 Å². The Morgan fingerprint density at radius 1 is 1.13 bits per heavy atom. The first-order chi connectivity index (χ1) is 15.0. The van der Waals surface area contributed by atoms with Crippen LogP contribution in [-0.2, 0) is 13.2 Å². The van der Waals surface area contributed by atoms with Gasteiger partial charge in [-0.3, -0.25) is 9.48 Å². The zero-order valence-corrected chi connectivity index (χ0v) is 17.5. The largest absolute Gasteiger partial charge is 0.484 e. The van der Waals surface area contributed by atoms with Crippen molar-refractivity contribution in [1.29, 1.82) is 0 Å². The van der Waals surface area contributed by atoms with E-state index in [1.165, 1.54) is 12.1 Å². The van der Waals surface area contributed by atoms with Crippen LogP contribution in [0, 0.1) is 5.82 Å². The molecule has 2 heterocycles. The minimum atomic E-state index is -0.453. The second-order valence-electron chi connectivity index (χ2n) is 6.64. The molecule has 0 atom stereocenters. The molecule has 2 aromatic carbocycles. The van der Waals surface area contributed by atoms with Gasteiger partial charge in [-0.05, 0) is 48.0 Å². The molecule has 0 spiro atoms. The van der Waals surface area contributed by atoms with Crippen molar-refractivity contribution in [3.8, 4) is 5.75 Å². The van der Waals surface area contributed by atoms with E-state index in [0.717, 1.165) is 11.6 Å². The van der Waals surface area contributed by atoms with E-state index in [2.05, 4.69) is 10.4 Å². The maximum atomic E-state index is 13.1. The Labute approximate surface area is 187 Å². The van der Waals surface area contributed by atoms with Crippen LogP contribution >= 0.6 is 23.2 Å². The van der Waals surface area contributed by atoms with Gasteiger partial charge in [0, 0.05) is 11.2 Å². The Morgan fingerprint density at radius 2 is 1.94 bits per heavy atom. The third-order valence-electron chi connectivity index (χ3n) is 4.30. The predicted molar refractivity (Wildman–Crippen MR) is 115 cm³/mol. The maximum Gasteiger partial charge on any atom is 0.291 e. The van der Waals surface area contributed by atoms with Crippen LogP contribution in [0.4, 0.5) is 10.1 Å². The normalized spacial score (nSPS) is 10.8. The van der Waals surface area contributed by atoms with Crippen molar-refractivity contribution in [3.05, 3.63) is 99.9 Å². The highest BCUT2D eigenvalue weighted by atomic mass is 35.5. The van der Waals surface area contributed by atoms with Crippen molar-refractivity contribution in [2.24, 2.45) is 0 Å². The van der Waals surface area contributed by atoms with Crippen molar-refractivity contribution in [2.45, 2.75) is 13.2 Å². The fourth-order valence-corrected chi connectivity index (χ4v) is 3.15. The van der Waals surface area contributed by atoms with Crippen LogP contribution in [0.15, 0.2) is 71.4 Å². The van der Waals surface area contributed by atoms with Gasteiger partial charge in [0.1, 0.15) is 23.9 Å². The lowest BCUT2D eigenvalue weighted by atomic mass is 10.2. The van der Waals surface area contributed by atoms with Gasteiger partial charge in [-0.2, -0.15) is 5.10 Å². The van der Waals surface area contributed by atoms with E-state index >= 15 is 0 Å². The fourth-order valence-electron chi connectivity index (χ4n) is 2.80. The molecule has 4 rings (SSSR count). The lowest BCUT2D eigenvalue weighted by Gasteiger charge is -2.06. The Balaban J connectivity index is 1.33. The van der Waals surface area contributed by atoms with E-state index in [1.807, 2.05) is 24.3 Å². The molecule has 1 amide bonds. The first-order valence-electron chi connectivity index (χ1n) is 9.21. The number of amides is 1. The fraction of sp³-hybridized carbons (Fsp3) is 0.0909. The molecule has 0 unspecified atom stereocenters. The van der Waals surface area contributed by atoms with Crippen molar-refractivity contribution in [1.82, 2.24) is 9.78 Å². The smallest absolute Gasteiger partial charge is 0.291 e. The van der Waals surface area contributed by atoms with Gasteiger partial charge >= 0.3 is 0 Å². The molecule has 6 nitrogen and oxygen atoms in total. The number of hydrogen-bond donors (Lipinski definition) is 1. The number of anilines is 1. The molecule has 4 aromatic rings. The number of halogens is 3. The zero-order chi connectivity index (χ0) is 21.8. The minimum Gasteiger partial charge on any atom is -0.484 e. The Hall–Kier alpha value is -3.29. The molecule has 0 radical (unpaired) electrons. The number of carbonyl (C=O) groups excluding carboxylic acids is 1. The molecule has 0 fully saturated rings. The molecule has 0 bridgehead atoms. The molecule has 0 saturated heterocycles. The predicted octanol–water partition coefficient (Wildman–Crippen LogP) is 5.80. The highest BCUT2D eigenvalue weighted by molar-refractivity contribution is 6.32. The number of carbonyl (C=O) groups is 1. The molecule has 158 valence electrons. The van der Waals surface area contributed by atoms with Crippen molar-refractivity contribution < 1.29 is 18.3 Å². The summed E-state index contributed by atoms with van der Waals surface area (Å²) in [6.45, 7) is 0.582. The van der Waals surface area contributed by atoms with Crippen LogP contribution in [0.3, 0.4) is 0 Å². The molecule has 9 heteroatoms. The summed E-state index contributed by atoms with van der Waals surface area (Å²) in [5.74, 6) is -0.0142. The highest BCUT2D eigenvalue weighted by Gasteiger charge is 2.13. The van der Waals surface area contributed by atoms with E-state index < -0.39 is 11.7 Å². The number of furan rings is 1. The topological polar surface area (TPSA) is 69.3 Å². The number of hydrogen-bond acceptors (Lipinski definition) is 4. The summed E-state index contributed by atoms with van der Waals surface area (Å²) < 4.78 is 25.8. The quantitative estimate of drug-likeness (QED) is 0.379. The van der Waals surface area contributed by atoms with Crippen molar-refractivity contribution in [2.75, 3.05) is 5.32 Å². The van der Waals surface area contributed by atoms with E-state index in [4.69, 9.17) is 32.4 Å². The summed E-state index contributed by atoms with van der Waals surface area (Å²) in [5.41, 5.74) is 1.56. The van der Waals surface area contributed by atoms with Gasteiger partial charge in [0.15, 0.2) is 5.76 Å². The number of nitrogens with one attached hydrogen (secondary N) is 1. The van der Waals surface area contributed by atoms with Gasteiger partial charge < -0.3 is 14.5 Å². The SMILES string of the molecule is O=C(Nc1cnn(Cc2ccc(Cl)cc2)c1)c1ccc(COc2ccc(F)cc2Cl)o1. The average molecular weight is 460 g/mol. The molecule has 2 aromatic heterocycles. The maximum absolute atomic E-state index is 13.1. The summed E-state index contributed by atoms with van der Waals surface area (Å²) in [4.78, 5) is 12.4. The molecular formula is C22H16Cl2FN3O3. The minimum absolute atomic E-state index is 0.0393. The lowest BCUT2D eigenvalue weighted by molar-refractivity contribution is 0.0992. The summed E-state index contributed by atoms with van der Waals surface area (Å²) in [6, 6.07) is 14.4. The summed E-state index contributed by atoms with van der Waals surface area (Å²) in [6.07, 6.45) is 3.27. The van der Waals surface area contributed by atoms with Gasteiger partial charge in [-0.25, -0.2) is 4.39 Å². The standard InChI is InChI=1S/C22H16Cl2FN3O3/c23-15-3-1-14(2-4-15)11-28-12-17(10-26-28)27-22(29)21-8-6-18(31-21)13-30-20-7-5-16(25)9-19(20)24/h1-10,12H,11,13H2,(H,27,29). The molecule has 0 aliphatic rings. The number of ether oxygens (including phenoxy) is 1. The summed E-state index contributed by atoms with van der Waals surface area (Å²) in [5, 5.41) is 7.80. The monoisotopic (exact) mass is 459 g/mol. The van der Waals surface area contributed by atoms with E-state index in [-0.39, 0.29) is 17.4 Å². The Morgan fingerprint density at radius 3 is 2.71 bits per heavy atom. The third-order valence-corrected chi connectivity index (χ3v) is 4.85. The molecule has 0 saturated carbocycles. The number of aromatic nitrogens is 2. The van der Waals surface area contributed by atoms with E-state index in [1.54, 1.807) is 29.2 Å². The lowest BCUT2D eigenvalue weighted by Crippen LogP contribution is -2.10. The second kappa shape index (κ2) is 9.24. The first-order valence-corrected chi connectivity index (χ1v) is 9.97. The third kappa shape index (κ3) is 5.45. The first kappa shape index (κ1) is 21.0. The summed E-state index contributed by atoms with van der Waals surface area (Å²) in [7, 11) is 0. The van der Waals surface area contributed by atoms with Gasteiger partial charge in [-0.15, -0.1) is 0 Å². The molecular weight excluding hydrogens is 444 g/mol. The van der Waals surface area contributed by atoms with Gasteiger partial charge in [0.25, 0.3) is 5.91 Å². The summed E-state index contributed by atoms with van der Waals surface area (Å²) >= 11 is 11.8. The van der Waals surface area contributed by atoms with E-state index in [9.17, 15) is 9.18 Å². The number of rotatable bonds is 7. The zero-order valence-electron chi connectivity index (χ0n) is 16.0. The van der Waals surface area contributed by atoms with Crippen LogP contribution < -0.4 is 10.1 Å². The van der Waals surface area contributed by atoms with Crippen molar-refractivity contribution in [3.63, 3.8) is 0 Å². The number of benzene rings is 2. The van der Waals surface area contributed by atoms with E-state index in [0.29, 0.717) is 28.8 Å². The Kier molecular flexibility index (Phi) is 6.25. The van der Waals surface area contributed by atoms with Gasteiger partial charge in [0.2, 0.25) is 0 Å². The average Bonchev–Trinajstić information content (AvgIpc) is 3.39. The molecule has 0 aliphatic carbocycles. The Bertz CT molecular complexity index is 1200. The highest BCUT2D eigenvalue weighted by Crippen LogP contribution is 2.26. The van der Waals surface area contributed by atoms with Gasteiger partial charge in [-0.1, -0.05) is 35.3 Å². The molecule has 0 aliphatic heterocycles. The second-order valence-corrected chi connectivity index (χ2v) is 7.48. The van der Waals surface area contributed by atoms with Crippen LogP contribution in [-0.4, -0.2) is 15.7 Å².